The molecule has 1 aromatic carbocycles. The molecule has 2 aliphatic heterocycles. The summed E-state index contributed by atoms with van der Waals surface area (Å²) >= 11 is 6.72. The van der Waals surface area contributed by atoms with Crippen molar-refractivity contribution in [2.45, 2.75) is 92.3 Å². The molecule has 0 bridgehead atoms. The first-order valence-corrected chi connectivity index (χ1v) is 14.0. The van der Waals surface area contributed by atoms with Gasteiger partial charge in [-0.05, 0) is 74.6 Å². The molecule has 3 amide bonds. The maximum atomic E-state index is 13.6. The molecule has 0 aromatic heterocycles. The van der Waals surface area contributed by atoms with E-state index in [4.69, 9.17) is 16.3 Å². The number of nitrogens with zero attached hydrogens (tertiary/aromatic N) is 2. The molecule has 1 fully saturated rings. The zero-order valence-corrected chi connectivity index (χ0v) is 25.5. The molecule has 8 nitrogen and oxygen atoms in total. The minimum atomic E-state index is -1.07. The maximum Gasteiger partial charge on any atom is 0.410 e. The largest absolute Gasteiger partial charge is 0.481 e. The first-order valence-electron chi connectivity index (χ1n) is 13.6. The number of carbonyl (C=O) groups is 3. The van der Waals surface area contributed by atoms with Gasteiger partial charge in [0.2, 0.25) is 0 Å². The molecule has 3 rings (SSSR count). The van der Waals surface area contributed by atoms with E-state index < -0.39 is 41.2 Å². The van der Waals surface area contributed by atoms with Crippen LogP contribution in [0.5, 0.6) is 0 Å². The number of carboxylic acids is 1. The van der Waals surface area contributed by atoms with Crippen molar-refractivity contribution in [3.05, 3.63) is 46.1 Å². The summed E-state index contributed by atoms with van der Waals surface area (Å²) in [6, 6.07) is 4.80. The summed E-state index contributed by atoms with van der Waals surface area (Å²) in [5.41, 5.74) is 1.48. The lowest BCUT2D eigenvalue weighted by atomic mass is 9.77. The standard InChI is InChI=1S/C30H44ClN3O5/c1-18(2)22-16-34(24-17-33(15-21(24)25(35)36)27(38)39-29(6,7)8)26(37)32-30(22,9)20-11-10-19(23(31)14-20)12-13-28(3,4)5/h10-11,14,16,18,21,24H,12-13,15,17H2,1-9H3,(H,32,37)(H,35,36)/t21?,24?,30-/m0/s1. The average Bonchev–Trinajstić information content (AvgIpc) is 3.22. The summed E-state index contributed by atoms with van der Waals surface area (Å²) in [5.74, 6) is -1.98. The Bertz CT molecular complexity index is 1150. The molecular weight excluding hydrogens is 518 g/mol. The Morgan fingerprint density at radius 1 is 1.18 bits per heavy atom. The fourth-order valence-electron chi connectivity index (χ4n) is 5.26. The van der Waals surface area contributed by atoms with Crippen LogP contribution in [0.15, 0.2) is 30.0 Å². The van der Waals surface area contributed by atoms with Gasteiger partial charge in [-0.3, -0.25) is 9.69 Å². The minimum absolute atomic E-state index is 0.0316. The smallest absolute Gasteiger partial charge is 0.410 e. The van der Waals surface area contributed by atoms with Gasteiger partial charge in [0.05, 0.1) is 17.5 Å². The Morgan fingerprint density at radius 2 is 1.82 bits per heavy atom. The van der Waals surface area contributed by atoms with E-state index in [1.165, 1.54) is 9.80 Å². The number of amides is 3. The summed E-state index contributed by atoms with van der Waals surface area (Å²) in [5, 5.41) is 13.8. The number of benzene rings is 1. The zero-order chi connectivity index (χ0) is 29.5. The van der Waals surface area contributed by atoms with Gasteiger partial charge >= 0.3 is 18.1 Å². The molecule has 0 radical (unpaired) electrons. The molecule has 3 atom stereocenters. The van der Waals surface area contributed by atoms with Crippen LogP contribution >= 0.6 is 11.6 Å². The second kappa shape index (κ2) is 11.0. The predicted octanol–water partition coefficient (Wildman–Crippen LogP) is 6.42. The van der Waals surface area contributed by atoms with Crippen LogP contribution in [-0.4, -0.2) is 57.7 Å². The predicted molar refractivity (Wildman–Crippen MR) is 153 cm³/mol. The summed E-state index contributed by atoms with van der Waals surface area (Å²) in [7, 11) is 0. The average molecular weight is 562 g/mol. The Balaban J connectivity index is 1.94. The van der Waals surface area contributed by atoms with Crippen LogP contribution in [0.4, 0.5) is 9.59 Å². The van der Waals surface area contributed by atoms with Gasteiger partial charge in [-0.15, -0.1) is 0 Å². The van der Waals surface area contributed by atoms with Crippen molar-refractivity contribution in [1.82, 2.24) is 15.1 Å². The first-order chi connectivity index (χ1) is 17.8. The van der Waals surface area contributed by atoms with Crippen molar-refractivity contribution in [3.8, 4) is 0 Å². The molecule has 9 heteroatoms. The van der Waals surface area contributed by atoms with E-state index >= 15 is 0 Å². The van der Waals surface area contributed by atoms with Crippen molar-refractivity contribution in [2.24, 2.45) is 17.3 Å². The van der Waals surface area contributed by atoms with E-state index in [9.17, 15) is 19.5 Å². The number of nitrogens with one attached hydrogen (secondary N) is 1. The number of hydrogen-bond acceptors (Lipinski definition) is 4. The molecule has 216 valence electrons. The number of aryl methyl sites for hydroxylation is 1. The fourth-order valence-corrected chi connectivity index (χ4v) is 5.53. The van der Waals surface area contributed by atoms with Gasteiger partial charge < -0.3 is 20.1 Å². The van der Waals surface area contributed by atoms with Gasteiger partial charge in [-0.2, -0.15) is 0 Å². The van der Waals surface area contributed by atoms with Gasteiger partial charge in [0.15, 0.2) is 0 Å². The molecular formula is C30H44ClN3O5. The van der Waals surface area contributed by atoms with E-state index in [2.05, 4.69) is 26.1 Å². The number of ether oxygens (including phenoxy) is 1. The Hall–Kier alpha value is -2.74. The molecule has 1 aromatic rings. The number of halogens is 1. The SMILES string of the molecule is CC(C)C1=CN(C2CN(C(=O)OC(C)(C)C)CC2C(=O)O)C(=O)N[C@@]1(C)c1ccc(CCC(C)(C)C)c(Cl)c1. The van der Waals surface area contributed by atoms with E-state index in [0.717, 1.165) is 29.5 Å². The number of rotatable bonds is 6. The number of carboxylic acid groups (broad SMARTS) is 1. The van der Waals surface area contributed by atoms with Gasteiger partial charge in [0, 0.05) is 24.3 Å². The Labute approximate surface area is 237 Å². The van der Waals surface area contributed by atoms with Crippen LogP contribution in [0.25, 0.3) is 0 Å². The summed E-state index contributed by atoms with van der Waals surface area (Å²) in [6.45, 7) is 17.9. The second-order valence-electron chi connectivity index (χ2n) is 13.5. The number of carbonyl (C=O) groups excluding carboxylic acids is 2. The topological polar surface area (TPSA) is 99.2 Å². The van der Waals surface area contributed by atoms with E-state index in [-0.39, 0.29) is 24.4 Å². The van der Waals surface area contributed by atoms with Crippen LogP contribution in [0.3, 0.4) is 0 Å². The maximum absolute atomic E-state index is 13.6. The summed E-state index contributed by atoms with van der Waals surface area (Å²) in [6.07, 6.45) is 3.04. The lowest BCUT2D eigenvalue weighted by molar-refractivity contribution is -0.142. The Morgan fingerprint density at radius 3 is 2.33 bits per heavy atom. The highest BCUT2D eigenvalue weighted by Gasteiger charge is 2.48. The molecule has 0 spiro atoms. The number of urea groups is 1. The molecule has 2 N–H and O–H groups in total. The second-order valence-corrected chi connectivity index (χ2v) is 13.9. The number of likely N-dealkylation sites (tertiary alicyclic amines) is 1. The molecule has 0 aliphatic carbocycles. The highest BCUT2D eigenvalue weighted by Crippen LogP contribution is 2.40. The van der Waals surface area contributed by atoms with Crippen molar-refractivity contribution in [2.75, 3.05) is 13.1 Å². The quantitative estimate of drug-likeness (QED) is 0.417. The van der Waals surface area contributed by atoms with Gasteiger partial charge in [0.1, 0.15) is 5.60 Å². The molecule has 0 saturated carbocycles. The number of hydrogen-bond donors (Lipinski definition) is 2. The van der Waals surface area contributed by atoms with Crippen molar-refractivity contribution < 1.29 is 24.2 Å². The lowest BCUT2D eigenvalue weighted by Gasteiger charge is -2.44. The fraction of sp³-hybridized carbons (Fsp3) is 0.633. The van der Waals surface area contributed by atoms with E-state index in [1.807, 2.05) is 39.0 Å². The van der Waals surface area contributed by atoms with E-state index in [0.29, 0.717) is 5.02 Å². The van der Waals surface area contributed by atoms with Crippen LogP contribution < -0.4 is 5.32 Å². The summed E-state index contributed by atoms with van der Waals surface area (Å²) in [4.78, 5) is 41.3. The third kappa shape index (κ3) is 7.07. The van der Waals surface area contributed by atoms with Gasteiger partial charge in [0.25, 0.3) is 0 Å². The van der Waals surface area contributed by atoms with Crippen molar-refractivity contribution >= 4 is 29.7 Å². The van der Waals surface area contributed by atoms with Crippen LogP contribution in [0.2, 0.25) is 5.02 Å². The Kier molecular flexibility index (Phi) is 8.71. The lowest BCUT2D eigenvalue weighted by Crippen LogP contribution is -2.58. The molecule has 39 heavy (non-hydrogen) atoms. The first kappa shape index (κ1) is 30.8. The molecule has 2 aliphatic rings. The zero-order valence-electron chi connectivity index (χ0n) is 24.7. The third-order valence-electron chi connectivity index (χ3n) is 7.46. The minimum Gasteiger partial charge on any atom is -0.481 e. The van der Waals surface area contributed by atoms with Gasteiger partial charge in [-0.25, -0.2) is 9.59 Å². The van der Waals surface area contributed by atoms with Gasteiger partial charge in [-0.1, -0.05) is 58.4 Å². The monoisotopic (exact) mass is 561 g/mol. The van der Waals surface area contributed by atoms with Crippen molar-refractivity contribution in [1.29, 1.82) is 0 Å². The van der Waals surface area contributed by atoms with Crippen LogP contribution in [0.1, 0.15) is 79.9 Å². The van der Waals surface area contributed by atoms with Crippen LogP contribution in [-0.2, 0) is 21.5 Å². The van der Waals surface area contributed by atoms with E-state index in [1.54, 1.807) is 27.0 Å². The highest BCUT2D eigenvalue weighted by atomic mass is 35.5. The van der Waals surface area contributed by atoms with Crippen LogP contribution in [0, 0.1) is 17.3 Å². The highest BCUT2D eigenvalue weighted by molar-refractivity contribution is 6.31. The normalized spacial score (nSPS) is 24.1. The summed E-state index contributed by atoms with van der Waals surface area (Å²) < 4.78 is 5.47. The molecule has 1 saturated heterocycles. The number of aliphatic carboxylic acids is 1. The molecule has 2 heterocycles. The third-order valence-corrected chi connectivity index (χ3v) is 7.81. The molecule has 2 unspecified atom stereocenters. The van der Waals surface area contributed by atoms with Crippen molar-refractivity contribution in [3.63, 3.8) is 0 Å².